The molecule has 1 fully saturated rings. The summed E-state index contributed by atoms with van der Waals surface area (Å²) in [4.78, 5) is 41.2. The van der Waals surface area contributed by atoms with Crippen molar-refractivity contribution >= 4 is 23.5 Å². The van der Waals surface area contributed by atoms with Crippen LogP contribution in [0.5, 0.6) is 0 Å². The number of carbonyl (C=O) groups is 3. The van der Waals surface area contributed by atoms with Gasteiger partial charge in [0.1, 0.15) is 5.54 Å². The van der Waals surface area contributed by atoms with Crippen molar-refractivity contribution in [3.8, 4) is 0 Å². The number of urea groups is 1. The molecule has 0 aliphatic carbocycles. The second-order valence-electron chi connectivity index (χ2n) is 10.7. The van der Waals surface area contributed by atoms with Gasteiger partial charge in [-0.3, -0.25) is 14.5 Å². The minimum Gasteiger partial charge on any atom is -0.338 e. The maximum atomic E-state index is 13.1. The highest BCUT2D eigenvalue weighted by Gasteiger charge is 2.48. The lowest BCUT2D eigenvalue weighted by molar-refractivity contribution is -0.182. The second kappa shape index (κ2) is 12.5. The molecule has 11 heteroatoms. The smallest absolute Gasteiger partial charge is 0.338 e. The monoisotopic (exact) mass is 547 g/mol. The minimum atomic E-state index is -4.57. The van der Waals surface area contributed by atoms with Crippen LogP contribution >= 0.6 is 0 Å². The van der Waals surface area contributed by atoms with Gasteiger partial charge in [-0.15, -0.1) is 0 Å². The topological polar surface area (TPSA) is 93.8 Å². The molecule has 212 valence electrons. The van der Waals surface area contributed by atoms with E-state index >= 15 is 0 Å². The molecule has 39 heavy (non-hydrogen) atoms. The number of anilines is 1. The molecule has 1 heterocycles. The van der Waals surface area contributed by atoms with Gasteiger partial charge < -0.3 is 20.9 Å². The number of benzene rings is 2. The number of piperazine rings is 1. The molecule has 0 saturated carbocycles. The van der Waals surface area contributed by atoms with Gasteiger partial charge >= 0.3 is 12.2 Å². The third-order valence-corrected chi connectivity index (χ3v) is 6.45. The van der Waals surface area contributed by atoms with E-state index in [9.17, 15) is 27.6 Å². The van der Waals surface area contributed by atoms with Crippen LogP contribution in [0.25, 0.3) is 0 Å². The normalized spacial score (nSPS) is 14.7. The predicted octanol–water partition coefficient (Wildman–Crippen LogP) is 4.49. The summed E-state index contributed by atoms with van der Waals surface area (Å²) < 4.78 is 39.4. The number of nitrogens with one attached hydrogen (secondary N) is 3. The van der Waals surface area contributed by atoms with Crippen molar-refractivity contribution in [3.05, 3.63) is 65.2 Å². The number of amides is 4. The zero-order valence-corrected chi connectivity index (χ0v) is 22.7. The quantitative estimate of drug-likeness (QED) is 0.454. The summed E-state index contributed by atoms with van der Waals surface area (Å²) in [5.74, 6) is -0.546. The fourth-order valence-electron chi connectivity index (χ4n) is 3.96. The number of rotatable bonds is 8. The molecule has 1 aliphatic rings. The Balaban J connectivity index is 1.51. The van der Waals surface area contributed by atoms with E-state index < -0.39 is 17.6 Å². The first kappa shape index (κ1) is 29.9. The first-order valence-electron chi connectivity index (χ1n) is 12.9. The van der Waals surface area contributed by atoms with Crippen LogP contribution in [0.1, 0.15) is 54.0 Å². The van der Waals surface area contributed by atoms with E-state index in [1.807, 2.05) is 19.9 Å². The summed E-state index contributed by atoms with van der Waals surface area (Å²) in [5.41, 5.74) is -0.267. The molecule has 0 bridgehead atoms. The Morgan fingerprint density at radius 3 is 2.15 bits per heavy atom. The molecule has 8 nitrogen and oxygen atoms in total. The zero-order chi connectivity index (χ0) is 28.8. The highest BCUT2D eigenvalue weighted by molar-refractivity contribution is 5.96. The average molecular weight is 548 g/mol. The lowest BCUT2D eigenvalue weighted by Gasteiger charge is -2.35. The van der Waals surface area contributed by atoms with Crippen LogP contribution in [0.4, 0.5) is 23.7 Å². The molecular weight excluding hydrogens is 511 g/mol. The Bertz CT molecular complexity index is 1160. The minimum absolute atomic E-state index is 0.101. The van der Waals surface area contributed by atoms with E-state index in [1.54, 1.807) is 41.3 Å². The van der Waals surface area contributed by atoms with Crippen LogP contribution in [0.15, 0.2) is 48.5 Å². The van der Waals surface area contributed by atoms with Crippen molar-refractivity contribution in [2.75, 3.05) is 38.0 Å². The van der Waals surface area contributed by atoms with Crippen LogP contribution in [-0.4, -0.2) is 72.1 Å². The van der Waals surface area contributed by atoms with Gasteiger partial charge in [0.2, 0.25) is 0 Å². The fraction of sp³-hybridized carbons (Fsp3) is 0.464. The molecular formula is C28H36F3N5O3. The maximum Gasteiger partial charge on any atom is 0.410 e. The van der Waals surface area contributed by atoms with Crippen molar-refractivity contribution in [3.63, 3.8) is 0 Å². The van der Waals surface area contributed by atoms with Gasteiger partial charge in [-0.05, 0) is 61.7 Å². The number of hydrogen-bond donors (Lipinski definition) is 3. The lowest BCUT2D eigenvalue weighted by Crippen LogP contribution is -2.54. The Hall–Kier alpha value is -3.60. The standard InChI is InChI=1S/C28H36F3N5O3/c1-19(2)17-32-26(39)33-23-10-8-21(9-11-23)25(38)36-14-12-35(13-15-36)18-20-6-5-7-22(16-20)24(37)34-27(3,4)28(29,30)31/h5-11,16,19H,12-15,17-18H2,1-4H3,(H,34,37)(H2,32,33,39). The first-order chi connectivity index (χ1) is 18.2. The summed E-state index contributed by atoms with van der Waals surface area (Å²) in [5, 5.41) is 7.57. The molecule has 1 aliphatic heterocycles. The van der Waals surface area contributed by atoms with E-state index in [2.05, 4.69) is 20.9 Å². The first-order valence-corrected chi connectivity index (χ1v) is 12.9. The number of hydrogen-bond acceptors (Lipinski definition) is 4. The van der Waals surface area contributed by atoms with Crippen LogP contribution in [0.2, 0.25) is 0 Å². The van der Waals surface area contributed by atoms with Gasteiger partial charge in [0.15, 0.2) is 0 Å². The highest BCUT2D eigenvalue weighted by atomic mass is 19.4. The molecule has 0 radical (unpaired) electrons. The Kier molecular flexibility index (Phi) is 9.60. The third-order valence-electron chi connectivity index (χ3n) is 6.45. The zero-order valence-electron chi connectivity index (χ0n) is 22.7. The van der Waals surface area contributed by atoms with Crippen molar-refractivity contribution in [1.82, 2.24) is 20.4 Å². The van der Waals surface area contributed by atoms with Gasteiger partial charge in [-0.25, -0.2) is 4.79 Å². The Morgan fingerprint density at radius 1 is 0.923 bits per heavy atom. The molecule has 0 unspecified atom stereocenters. The summed E-state index contributed by atoms with van der Waals surface area (Å²) in [6.07, 6.45) is -4.57. The van der Waals surface area contributed by atoms with Crippen molar-refractivity contribution < 1.29 is 27.6 Å². The average Bonchev–Trinajstić information content (AvgIpc) is 2.87. The lowest BCUT2D eigenvalue weighted by atomic mass is 10.0. The van der Waals surface area contributed by atoms with Gasteiger partial charge in [-0.2, -0.15) is 13.2 Å². The highest BCUT2D eigenvalue weighted by Crippen LogP contribution is 2.29. The number of nitrogens with zero attached hydrogens (tertiary/aromatic N) is 2. The molecule has 3 rings (SSSR count). The van der Waals surface area contributed by atoms with Crippen molar-refractivity contribution in [2.45, 2.75) is 46.0 Å². The summed E-state index contributed by atoms with van der Waals surface area (Å²) in [6.45, 7) is 9.17. The summed E-state index contributed by atoms with van der Waals surface area (Å²) in [7, 11) is 0. The second-order valence-corrected chi connectivity index (χ2v) is 10.7. The van der Waals surface area contributed by atoms with Crippen LogP contribution in [0, 0.1) is 5.92 Å². The van der Waals surface area contributed by atoms with Crippen LogP contribution < -0.4 is 16.0 Å². The number of alkyl halides is 3. The van der Waals surface area contributed by atoms with E-state index in [4.69, 9.17) is 0 Å². The van der Waals surface area contributed by atoms with Gasteiger partial charge in [0, 0.05) is 56.1 Å². The molecule has 2 aromatic carbocycles. The van der Waals surface area contributed by atoms with Gasteiger partial charge in [0.05, 0.1) is 0 Å². The molecule has 0 spiro atoms. The van der Waals surface area contributed by atoms with Crippen molar-refractivity contribution in [1.29, 1.82) is 0 Å². The largest absolute Gasteiger partial charge is 0.410 e. The third kappa shape index (κ3) is 8.44. The Morgan fingerprint density at radius 2 is 1.56 bits per heavy atom. The molecule has 0 atom stereocenters. The van der Waals surface area contributed by atoms with E-state index in [1.165, 1.54) is 6.07 Å². The predicted molar refractivity (Wildman–Crippen MR) is 144 cm³/mol. The van der Waals surface area contributed by atoms with Crippen LogP contribution in [-0.2, 0) is 6.54 Å². The molecule has 3 N–H and O–H groups in total. The molecule has 4 amide bonds. The number of carbonyl (C=O) groups excluding carboxylic acids is 3. The maximum absolute atomic E-state index is 13.1. The van der Waals surface area contributed by atoms with Gasteiger partial charge in [0.25, 0.3) is 11.8 Å². The SMILES string of the molecule is CC(C)CNC(=O)Nc1ccc(C(=O)N2CCN(Cc3cccc(C(=O)NC(C)(C)C(F)(F)F)c3)CC2)cc1. The van der Waals surface area contributed by atoms with Crippen LogP contribution in [0.3, 0.4) is 0 Å². The van der Waals surface area contributed by atoms with E-state index in [0.29, 0.717) is 56.4 Å². The van der Waals surface area contributed by atoms with Gasteiger partial charge in [-0.1, -0.05) is 26.0 Å². The molecule has 1 saturated heterocycles. The number of halogens is 3. The van der Waals surface area contributed by atoms with E-state index in [-0.39, 0.29) is 17.5 Å². The summed E-state index contributed by atoms with van der Waals surface area (Å²) in [6, 6.07) is 13.0. The Labute approximate surface area is 226 Å². The molecule has 0 aromatic heterocycles. The summed E-state index contributed by atoms with van der Waals surface area (Å²) >= 11 is 0. The molecule has 2 aromatic rings. The van der Waals surface area contributed by atoms with E-state index in [0.717, 1.165) is 19.4 Å². The van der Waals surface area contributed by atoms with Crippen molar-refractivity contribution in [2.24, 2.45) is 5.92 Å². The fourth-order valence-corrected chi connectivity index (χ4v) is 3.96.